The first-order valence-electron chi connectivity index (χ1n) is 10.2. The molecule has 3 N–H and O–H groups in total. The summed E-state index contributed by atoms with van der Waals surface area (Å²) in [7, 11) is 0. The molecule has 0 fully saturated rings. The second kappa shape index (κ2) is 10.7. The summed E-state index contributed by atoms with van der Waals surface area (Å²) in [6.07, 6.45) is -4.48. The van der Waals surface area contributed by atoms with Crippen LogP contribution in [0.3, 0.4) is 0 Å². The van der Waals surface area contributed by atoms with E-state index in [0.29, 0.717) is 17.9 Å². The third kappa shape index (κ3) is 7.38. The fourth-order valence-electron chi connectivity index (χ4n) is 3.20. The van der Waals surface area contributed by atoms with Crippen molar-refractivity contribution in [3.8, 4) is 5.75 Å². The van der Waals surface area contributed by atoms with Crippen LogP contribution >= 0.6 is 0 Å². The number of rotatable bonds is 9. The zero-order valence-electron chi connectivity index (χ0n) is 17.6. The predicted octanol–water partition coefficient (Wildman–Crippen LogP) is 4.04. The summed E-state index contributed by atoms with van der Waals surface area (Å²) in [5.41, 5.74) is 6.79. The van der Waals surface area contributed by atoms with Gasteiger partial charge in [0.05, 0.1) is 12.0 Å². The molecule has 2 amide bonds. The van der Waals surface area contributed by atoms with Gasteiger partial charge in [-0.25, -0.2) is 0 Å². The molecule has 0 bridgehead atoms. The summed E-state index contributed by atoms with van der Waals surface area (Å²) in [6.45, 7) is 0.382. The molecular weight excluding hydrogens is 433 g/mol. The number of carbonyl (C=O) groups is 2. The van der Waals surface area contributed by atoms with Crippen LogP contribution < -0.4 is 15.8 Å². The number of ether oxygens (including phenoxy) is 1. The number of nitrogens with one attached hydrogen (secondary N) is 1. The lowest BCUT2D eigenvalue weighted by Crippen LogP contribution is -2.46. The summed E-state index contributed by atoms with van der Waals surface area (Å²) in [6, 6.07) is 20.1. The highest BCUT2D eigenvalue weighted by Crippen LogP contribution is 2.29. The van der Waals surface area contributed by atoms with Gasteiger partial charge in [-0.2, -0.15) is 13.2 Å². The number of hydrogen-bond acceptors (Lipinski definition) is 3. The fraction of sp³-hybridized carbons (Fsp3) is 0.200. The maximum absolute atomic E-state index is 12.7. The van der Waals surface area contributed by atoms with E-state index >= 15 is 0 Å². The lowest BCUT2D eigenvalue weighted by Gasteiger charge is -2.16. The summed E-state index contributed by atoms with van der Waals surface area (Å²) in [4.78, 5) is 24.3. The quantitative estimate of drug-likeness (QED) is 0.510. The first kappa shape index (κ1) is 23.8. The summed E-state index contributed by atoms with van der Waals surface area (Å²) in [5.74, 6) is -0.628. The maximum Gasteiger partial charge on any atom is 0.416 e. The van der Waals surface area contributed by atoms with Crippen LogP contribution in [0.4, 0.5) is 13.2 Å². The van der Waals surface area contributed by atoms with Crippen LogP contribution in [0.25, 0.3) is 0 Å². The van der Waals surface area contributed by atoms with Crippen LogP contribution in [-0.4, -0.2) is 17.9 Å². The average Bonchev–Trinajstić information content (AvgIpc) is 2.78. The number of nitrogens with two attached hydrogens (primary N) is 1. The van der Waals surface area contributed by atoms with E-state index in [9.17, 15) is 22.8 Å². The van der Waals surface area contributed by atoms with Crippen LogP contribution in [-0.2, 0) is 35.2 Å². The SMILES string of the molecule is NC(=O)[C@H](Cc1cccc(OCc2ccccc2)c1)NC(=O)Cc1ccc(C(F)(F)F)cc1. The molecular formula is C25H23F3N2O3. The average molecular weight is 456 g/mol. The molecule has 0 aliphatic carbocycles. The topological polar surface area (TPSA) is 81.4 Å². The van der Waals surface area contributed by atoms with E-state index in [0.717, 1.165) is 23.3 Å². The van der Waals surface area contributed by atoms with Gasteiger partial charge in [0.15, 0.2) is 0 Å². The van der Waals surface area contributed by atoms with Crippen LogP contribution in [0.5, 0.6) is 5.75 Å². The Morgan fingerprint density at radius 3 is 2.18 bits per heavy atom. The van der Waals surface area contributed by atoms with Gasteiger partial charge in [0.25, 0.3) is 0 Å². The summed E-state index contributed by atoms with van der Waals surface area (Å²) >= 11 is 0. The van der Waals surface area contributed by atoms with Crippen LogP contribution in [0, 0.1) is 0 Å². The van der Waals surface area contributed by atoms with Crippen molar-refractivity contribution in [3.63, 3.8) is 0 Å². The zero-order valence-corrected chi connectivity index (χ0v) is 17.6. The molecule has 8 heteroatoms. The maximum atomic E-state index is 12.7. The van der Waals surface area contributed by atoms with Crippen LogP contribution in [0.2, 0.25) is 0 Å². The molecule has 3 rings (SSSR count). The molecule has 172 valence electrons. The molecule has 0 spiro atoms. The number of primary amides is 1. The minimum Gasteiger partial charge on any atom is -0.489 e. The smallest absolute Gasteiger partial charge is 0.416 e. The fourth-order valence-corrected chi connectivity index (χ4v) is 3.20. The Morgan fingerprint density at radius 2 is 1.55 bits per heavy atom. The molecule has 33 heavy (non-hydrogen) atoms. The molecule has 0 unspecified atom stereocenters. The number of benzene rings is 3. The van der Waals surface area contributed by atoms with Crippen LogP contribution in [0.15, 0.2) is 78.9 Å². The Balaban J connectivity index is 1.59. The molecule has 0 aromatic heterocycles. The minimum absolute atomic E-state index is 0.149. The Labute approximate surface area is 189 Å². The molecule has 0 aliphatic rings. The minimum atomic E-state index is -4.45. The van der Waals surface area contributed by atoms with Crippen molar-refractivity contribution in [1.82, 2.24) is 5.32 Å². The van der Waals surface area contributed by atoms with Gasteiger partial charge in [-0.1, -0.05) is 54.6 Å². The molecule has 0 saturated heterocycles. The lowest BCUT2D eigenvalue weighted by atomic mass is 10.0. The first-order chi connectivity index (χ1) is 15.7. The summed E-state index contributed by atoms with van der Waals surface area (Å²) in [5, 5.41) is 2.56. The zero-order chi connectivity index (χ0) is 23.8. The van der Waals surface area contributed by atoms with Gasteiger partial charge < -0.3 is 15.8 Å². The molecule has 3 aromatic carbocycles. The van der Waals surface area contributed by atoms with E-state index in [1.54, 1.807) is 24.3 Å². The third-order valence-corrected chi connectivity index (χ3v) is 4.91. The van der Waals surface area contributed by atoms with E-state index < -0.39 is 29.6 Å². The molecule has 0 aliphatic heterocycles. The van der Waals surface area contributed by atoms with Gasteiger partial charge in [0, 0.05) is 6.42 Å². The van der Waals surface area contributed by atoms with Crippen molar-refractivity contribution >= 4 is 11.8 Å². The highest BCUT2D eigenvalue weighted by atomic mass is 19.4. The highest BCUT2D eigenvalue weighted by Gasteiger charge is 2.30. The van der Waals surface area contributed by atoms with E-state index in [-0.39, 0.29) is 12.8 Å². The van der Waals surface area contributed by atoms with E-state index in [2.05, 4.69) is 5.32 Å². The van der Waals surface area contributed by atoms with Gasteiger partial charge in [-0.3, -0.25) is 9.59 Å². The largest absolute Gasteiger partial charge is 0.489 e. The molecule has 3 aromatic rings. The van der Waals surface area contributed by atoms with Gasteiger partial charge >= 0.3 is 6.18 Å². The molecule has 5 nitrogen and oxygen atoms in total. The second-order valence-corrected chi connectivity index (χ2v) is 7.52. The predicted molar refractivity (Wildman–Crippen MR) is 117 cm³/mol. The number of alkyl halides is 3. The van der Waals surface area contributed by atoms with Crippen molar-refractivity contribution in [2.45, 2.75) is 31.7 Å². The highest BCUT2D eigenvalue weighted by molar-refractivity contribution is 5.87. The third-order valence-electron chi connectivity index (χ3n) is 4.91. The van der Waals surface area contributed by atoms with Crippen molar-refractivity contribution in [3.05, 3.63) is 101 Å². The number of halogens is 3. The number of amides is 2. The monoisotopic (exact) mass is 456 g/mol. The molecule has 1 atom stereocenters. The van der Waals surface area contributed by atoms with Gasteiger partial charge in [-0.05, 0) is 41.0 Å². The summed E-state index contributed by atoms with van der Waals surface area (Å²) < 4.78 is 43.8. The number of hydrogen-bond donors (Lipinski definition) is 2. The van der Waals surface area contributed by atoms with Crippen molar-refractivity contribution < 1.29 is 27.5 Å². The number of carbonyl (C=O) groups excluding carboxylic acids is 2. The van der Waals surface area contributed by atoms with Crippen molar-refractivity contribution in [2.75, 3.05) is 0 Å². The van der Waals surface area contributed by atoms with E-state index in [1.165, 1.54) is 12.1 Å². The normalized spacial score (nSPS) is 12.1. The van der Waals surface area contributed by atoms with Gasteiger partial charge in [0.2, 0.25) is 11.8 Å². The Kier molecular flexibility index (Phi) is 7.71. The molecule has 0 heterocycles. The van der Waals surface area contributed by atoms with Crippen LogP contribution in [0.1, 0.15) is 22.3 Å². The Morgan fingerprint density at radius 1 is 0.879 bits per heavy atom. The molecule has 0 saturated carbocycles. The molecule has 0 radical (unpaired) electrons. The van der Waals surface area contributed by atoms with Crippen molar-refractivity contribution in [1.29, 1.82) is 0 Å². The van der Waals surface area contributed by atoms with E-state index in [1.807, 2.05) is 30.3 Å². The Hall–Kier alpha value is -3.81. The van der Waals surface area contributed by atoms with E-state index in [4.69, 9.17) is 10.5 Å². The van der Waals surface area contributed by atoms with Crippen molar-refractivity contribution in [2.24, 2.45) is 5.73 Å². The standard InChI is InChI=1S/C25H23F3N2O3/c26-25(27,28)20-11-9-17(10-12-20)15-23(31)30-22(24(29)32)14-19-7-4-8-21(13-19)33-16-18-5-2-1-3-6-18/h1-13,22H,14-16H2,(H2,29,32)(H,30,31)/t22-/m0/s1. The second-order valence-electron chi connectivity index (χ2n) is 7.52. The van der Waals surface area contributed by atoms with Gasteiger partial charge in [0.1, 0.15) is 18.4 Å². The lowest BCUT2D eigenvalue weighted by molar-refractivity contribution is -0.137. The first-order valence-corrected chi connectivity index (χ1v) is 10.2. The van der Waals surface area contributed by atoms with Gasteiger partial charge in [-0.15, -0.1) is 0 Å². The Bertz CT molecular complexity index is 1080.